The van der Waals surface area contributed by atoms with Crippen LogP contribution in [-0.2, 0) is 35.2 Å². The Morgan fingerprint density at radius 3 is 0.992 bits per heavy atom. The molecule has 0 aliphatic carbocycles. The Hall–Kier alpha value is -17.9. The Morgan fingerprint density at radius 1 is 0.372 bits per heavy atom. The molecule has 0 aliphatic rings. The molecule has 0 fully saturated rings. The molecule has 0 spiro atoms. The number of hydrogen-bond donors (Lipinski definition) is 11. The highest BCUT2D eigenvalue weighted by atomic mass is 35.5. The van der Waals surface area contributed by atoms with E-state index in [4.69, 9.17) is 38.3 Å². The topological polar surface area (TPSA) is 480 Å². The average Bonchev–Trinajstić information content (AvgIpc) is 1.64. The van der Waals surface area contributed by atoms with E-state index in [-0.39, 0.29) is 39.7 Å². The van der Waals surface area contributed by atoms with Gasteiger partial charge in [-0.3, -0.25) is 33.0 Å². The van der Waals surface area contributed by atoms with Crippen LogP contribution in [0.15, 0.2) is 206 Å². The third kappa shape index (κ3) is 16.4. The number of ether oxygens (including phenoxy) is 1. The summed E-state index contributed by atoms with van der Waals surface area (Å²) in [5.74, 6) is -1.12. The van der Waals surface area contributed by atoms with Crippen LogP contribution in [0, 0.1) is 65.3 Å². The zero-order valence-electron chi connectivity index (χ0n) is 69.4. The second-order valence-corrected chi connectivity index (χ2v) is 29.8. The summed E-state index contributed by atoms with van der Waals surface area (Å²) in [6, 6.07) is 65.9. The molecule has 0 aliphatic heterocycles. The number of benzene rings is 10. The van der Waals surface area contributed by atoms with Crippen molar-refractivity contribution in [3.8, 4) is 161 Å². The van der Waals surface area contributed by atoms with Crippen molar-refractivity contribution in [2.24, 2.45) is 46.7 Å². The van der Waals surface area contributed by atoms with Crippen LogP contribution in [0.1, 0.15) is 48.5 Å². The fourth-order valence-corrected chi connectivity index (χ4v) is 14.9. The summed E-state index contributed by atoms with van der Waals surface area (Å²) in [4.78, 5) is 60.2. The number of amides is 2. The Kier molecular flexibility index (Phi) is 22.8. The van der Waals surface area contributed by atoms with Gasteiger partial charge in [-0.25, -0.2) is 38.1 Å². The highest BCUT2D eigenvalue weighted by molar-refractivity contribution is 6.32. The maximum Gasteiger partial charge on any atom is 0.251 e. The van der Waals surface area contributed by atoms with Crippen molar-refractivity contribution in [1.82, 2.24) is 98.7 Å². The third-order valence-electron chi connectivity index (χ3n) is 20.9. The standard InChI is InChI=1S/C19H16FN5O2.C19H14FN5O.C19H15N5O.C18H12ClN5O.C18H14FN5O2/c1-25-16(17(27-2)15(24-25)10-6-4-3-5-7-10)19-22-13-8-11(18(21)26)12(20)9-14(13)23-19;1-10-3-5-11(6-4-10)16-18(26)17(25(2)24-16)19-22-14-7-12(9-21)13(20)8-15(14)23-19;1-11-8-14-15(9-13(11)10-20)22-19(21-14)17-18(25)16(23-24(17)2)12-6-4-3-5-7-12;1-24-16(17(25)15(23-24)10-5-3-2-4-6-10)18-21-13-7-11(9-20)12(19)8-14(13)22-18;1-24-15(16(25)14(23-24)9-5-3-2-4-6-9)18-21-12-7-10(17(20)26)11(19)8-13(12)22-18/h3-9H,1-2H3,(H2,21,26)(H,22,23);3-8,26H,1-2H3,(H,22,23);3-9,25H,1-2H3,(H,21,22);2-8,25H,1H3,(H,21,22);2-8,25H,1H3,(H2,20,26)(H,21,22). The predicted molar refractivity (Wildman–Crippen MR) is 477 cm³/mol. The van der Waals surface area contributed by atoms with Crippen LogP contribution in [0.25, 0.3) is 169 Å². The molecule has 32 nitrogen and oxygen atoms in total. The van der Waals surface area contributed by atoms with E-state index in [1.54, 1.807) is 80.7 Å². The van der Waals surface area contributed by atoms with Crippen molar-refractivity contribution in [3.05, 3.63) is 268 Å². The average molecular weight is 1740 g/mol. The van der Waals surface area contributed by atoms with Crippen LogP contribution in [0.3, 0.4) is 0 Å². The number of nitrogens with two attached hydrogens (primary N) is 2. The van der Waals surface area contributed by atoms with Crippen LogP contribution in [0.5, 0.6) is 28.7 Å². The number of primary amides is 2. The molecule has 638 valence electrons. The van der Waals surface area contributed by atoms with E-state index in [1.165, 1.54) is 39.7 Å². The number of aryl methyl sites for hydroxylation is 7. The van der Waals surface area contributed by atoms with E-state index in [2.05, 4.69) is 81.4 Å². The van der Waals surface area contributed by atoms with E-state index in [0.717, 1.165) is 50.5 Å². The summed E-state index contributed by atoms with van der Waals surface area (Å²) in [7, 11) is 10.2. The number of hydrogen-bond acceptors (Lipinski definition) is 20. The number of H-pyrrole nitrogens is 5. The minimum Gasteiger partial charge on any atom is -0.504 e. The maximum atomic E-state index is 14.0. The summed E-state index contributed by atoms with van der Waals surface area (Å²) in [5.41, 5.74) is 26.9. The quantitative estimate of drug-likeness (QED) is 0.0511. The molecule has 0 radical (unpaired) electrons. The molecule has 20 aromatic rings. The second-order valence-electron chi connectivity index (χ2n) is 29.4. The number of carbonyl (C=O) groups is 2. The van der Waals surface area contributed by atoms with Gasteiger partial charge in [0, 0.05) is 81.3 Å². The molecule has 0 saturated carbocycles. The van der Waals surface area contributed by atoms with E-state index in [0.29, 0.717) is 158 Å². The number of fused-ring (bicyclic) bond motifs is 5. The van der Waals surface area contributed by atoms with Gasteiger partial charge < -0.3 is 61.6 Å². The van der Waals surface area contributed by atoms with Crippen molar-refractivity contribution in [1.29, 1.82) is 15.8 Å². The summed E-state index contributed by atoms with van der Waals surface area (Å²) in [5, 5.41) is 92.4. The summed E-state index contributed by atoms with van der Waals surface area (Å²) >= 11 is 6.07. The SMILES string of the molecule is COc1c(-c2ccccc2)nn(C)c1-c1nc2cc(C(N)=O)c(F)cc2[nH]1.Cc1cc2[nH]c(-c3c(O)c(-c4ccccc4)nn3C)nc2cc1C#N.Cc1ccc(-c2nn(C)c(-c3nc4cc(C#N)c(F)cc4[nH]3)c2O)cc1.Cn1nc(-c2ccccc2)c(O)c1-c1nc2cc(C#N)c(Cl)cc2[nH]1.Cn1nc(-c2ccccc2)c(O)c1-c1nc2cc(C(N)=O)c(F)cc2[nH]1. The summed E-state index contributed by atoms with van der Waals surface area (Å²) in [6.07, 6.45) is 0. The smallest absolute Gasteiger partial charge is 0.251 e. The molecule has 0 bridgehead atoms. The molecule has 10 aromatic carbocycles. The number of rotatable bonds is 13. The van der Waals surface area contributed by atoms with Crippen molar-refractivity contribution < 1.29 is 47.9 Å². The number of halogens is 4. The van der Waals surface area contributed by atoms with Crippen LogP contribution < -0.4 is 16.2 Å². The Morgan fingerprint density at radius 2 is 0.651 bits per heavy atom. The van der Waals surface area contributed by atoms with Gasteiger partial charge in [-0.2, -0.15) is 41.3 Å². The molecule has 36 heteroatoms. The van der Waals surface area contributed by atoms with E-state index < -0.39 is 29.3 Å². The van der Waals surface area contributed by atoms with Crippen molar-refractivity contribution >= 4 is 78.6 Å². The number of nitrogens with zero attached hydrogens (tertiary/aromatic N) is 18. The maximum absolute atomic E-state index is 14.0. The zero-order valence-corrected chi connectivity index (χ0v) is 70.1. The molecule has 0 atom stereocenters. The van der Waals surface area contributed by atoms with Crippen LogP contribution in [0.2, 0.25) is 5.02 Å². The van der Waals surface area contributed by atoms with Gasteiger partial charge in [-0.1, -0.05) is 163 Å². The highest BCUT2D eigenvalue weighted by Crippen LogP contribution is 2.44. The first kappa shape index (κ1) is 84.7. The molecule has 0 unspecified atom stereocenters. The minimum absolute atomic E-state index is 0.0172. The van der Waals surface area contributed by atoms with Crippen molar-refractivity contribution in [2.45, 2.75) is 13.8 Å². The molecule has 0 saturated heterocycles. The lowest BCUT2D eigenvalue weighted by molar-refractivity contribution is 0.0988. The first-order valence-electron chi connectivity index (χ1n) is 39.1. The number of methoxy groups -OCH3 is 1. The monoisotopic (exact) mass is 1740 g/mol. The lowest BCUT2D eigenvalue weighted by atomic mass is 10.1. The Balaban J connectivity index is 0.000000118. The fraction of sp³-hybridized carbons (Fsp3) is 0.0860. The molecule has 13 N–H and O–H groups in total. The largest absolute Gasteiger partial charge is 0.504 e. The predicted octanol–water partition coefficient (Wildman–Crippen LogP) is 16.5. The molecular formula is C93H71ClF3N25O7. The summed E-state index contributed by atoms with van der Waals surface area (Å²) in [6.45, 7) is 3.87. The normalized spacial score (nSPS) is 11.0. The Bertz CT molecular complexity index is 7740. The highest BCUT2D eigenvalue weighted by Gasteiger charge is 2.29. The van der Waals surface area contributed by atoms with Gasteiger partial charge in [0.05, 0.1) is 101 Å². The first-order valence-corrected chi connectivity index (χ1v) is 39.5. The number of aromatic hydroxyl groups is 4. The number of aromatic nitrogens is 20. The second kappa shape index (κ2) is 34.8. The van der Waals surface area contributed by atoms with E-state index in [9.17, 15) is 48.4 Å². The number of nitrogens with one attached hydrogen (secondary N) is 5. The molecule has 129 heavy (non-hydrogen) atoms. The number of imidazole rings is 5. The molecule has 10 aromatic heterocycles. The number of carbonyl (C=O) groups excluding carboxylic acids is 2. The van der Waals surface area contributed by atoms with Gasteiger partial charge in [-0.15, -0.1) is 0 Å². The van der Waals surface area contributed by atoms with Crippen LogP contribution in [-0.4, -0.2) is 138 Å². The van der Waals surface area contributed by atoms with Gasteiger partial charge in [0.2, 0.25) is 0 Å². The van der Waals surface area contributed by atoms with Crippen LogP contribution in [0.4, 0.5) is 13.2 Å². The lowest BCUT2D eigenvalue weighted by Crippen LogP contribution is -2.12. The third-order valence-corrected chi connectivity index (χ3v) is 21.2. The number of aromatic amines is 5. The van der Waals surface area contributed by atoms with Gasteiger partial charge >= 0.3 is 0 Å². The van der Waals surface area contributed by atoms with E-state index in [1.807, 2.05) is 172 Å². The van der Waals surface area contributed by atoms with E-state index >= 15 is 0 Å². The number of nitriles is 3. The van der Waals surface area contributed by atoms with Gasteiger partial charge in [0.25, 0.3) is 11.8 Å². The lowest BCUT2D eigenvalue weighted by Gasteiger charge is -2.03. The molecular weight excluding hydrogens is 1670 g/mol. The van der Waals surface area contributed by atoms with Gasteiger partial charge in [-0.05, 0) is 61.9 Å². The zero-order chi connectivity index (χ0) is 91.1. The van der Waals surface area contributed by atoms with Gasteiger partial charge in [0.15, 0.2) is 57.9 Å². The fourth-order valence-electron chi connectivity index (χ4n) is 14.7. The Labute approximate surface area is 733 Å². The van der Waals surface area contributed by atoms with Crippen molar-refractivity contribution in [3.63, 3.8) is 0 Å². The molecule has 10 heterocycles. The minimum atomic E-state index is -0.872. The van der Waals surface area contributed by atoms with Gasteiger partial charge in [0.1, 0.15) is 86.5 Å². The summed E-state index contributed by atoms with van der Waals surface area (Å²) < 4.78 is 55.2. The van der Waals surface area contributed by atoms with Crippen LogP contribution >= 0.6 is 11.6 Å². The molecule has 20 rings (SSSR count). The molecule has 2 amide bonds. The van der Waals surface area contributed by atoms with Crippen molar-refractivity contribution in [2.75, 3.05) is 7.11 Å². The first-order chi connectivity index (χ1) is 62.1.